The van der Waals surface area contributed by atoms with Crippen molar-refractivity contribution in [3.8, 4) is 33.4 Å². The van der Waals surface area contributed by atoms with Gasteiger partial charge in [0, 0.05) is 38.8 Å². The topological polar surface area (TPSA) is 16.4 Å². The second-order valence-corrected chi connectivity index (χ2v) is 13.0. The van der Waals surface area contributed by atoms with Crippen LogP contribution < -0.4 is 4.90 Å². The second-order valence-electron chi connectivity index (χ2n) is 13.0. The van der Waals surface area contributed by atoms with Crippen LogP contribution in [0.4, 0.5) is 17.1 Å². The predicted octanol–water partition coefficient (Wildman–Crippen LogP) is 12.7. The van der Waals surface area contributed by atoms with Crippen LogP contribution in [0, 0.1) is 0 Å². The molecule has 0 bridgehead atoms. The summed E-state index contributed by atoms with van der Waals surface area (Å²) in [5, 5.41) is 2.23. The number of nitrogens with zero attached hydrogens (tertiary/aromatic N) is 1. The zero-order valence-electron chi connectivity index (χ0n) is 26.4. The quantitative estimate of drug-likeness (QED) is 0.195. The van der Waals surface area contributed by atoms with Crippen molar-refractivity contribution in [1.29, 1.82) is 0 Å². The number of para-hydroxylation sites is 1. The summed E-state index contributed by atoms with van der Waals surface area (Å²) < 4.78 is 6.55. The molecule has 0 N–H and O–H groups in total. The molecule has 1 aliphatic rings. The molecule has 1 heterocycles. The van der Waals surface area contributed by atoms with Crippen molar-refractivity contribution in [2.45, 2.75) is 19.3 Å². The van der Waals surface area contributed by atoms with Gasteiger partial charge in [-0.1, -0.05) is 135 Å². The van der Waals surface area contributed by atoms with E-state index in [1.165, 1.54) is 33.4 Å². The molecule has 2 nitrogen and oxygen atoms in total. The van der Waals surface area contributed by atoms with Gasteiger partial charge < -0.3 is 9.32 Å². The fraction of sp³-hybridized carbons (Fsp3) is 0.0667. The molecule has 1 aliphatic carbocycles. The van der Waals surface area contributed by atoms with Crippen molar-refractivity contribution in [3.05, 3.63) is 175 Å². The van der Waals surface area contributed by atoms with Crippen molar-refractivity contribution in [3.63, 3.8) is 0 Å². The molecule has 0 fully saturated rings. The molecule has 0 amide bonds. The van der Waals surface area contributed by atoms with Crippen molar-refractivity contribution in [2.24, 2.45) is 0 Å². The summed E-state index contributed by atoms with van der Waals surface area (Å²) in [7, 11) is 0. The lowest BCUT2D eigenvalue weighted by Gasteiger charge is -2.29. The molecule has 1 aromatic heterocycles. The number of rotatable bonds is 5. The number of hydrogen-bond donors (Lipinski definition) is 0. The molecule has 0 atom stereocenters. The van der Waals surface area contributed by atoms with Gasteiger partial charge in [0.25, 0.3) is 0 Å². The summed E-state index contributed by atoms with van der Waals surface area (Å²) in [4.78, 5) is 2.40. The number of benzene rings is 7. The Morgan fingerprint density at radius 2 is 1.04 bits per heavy atom. The third-order valence-corrected chi connectivity index (χ3v) is 9.86. The molecule has 47 heavy (non-hydrogen) atoms. The summed E-state index contributed by atoms with van der Waals surface area (Å²) in [5.74, 6) is 0. The highest BCUT2D eigenvalue weighted by Crippen LogP contribution is 2.51. The van der Waals surface area contributed by atoms with Gasteiger partial charge in [0.05, 0.1) is 0 Å². The van der Waals surface area contributed by atoms with Gasteiger partial charge in [0.15, 0.2) is 0 Å². The average Bonchev–Trinajstić information content (AvgIpc) is 3.61. The molecule has 0 saturated carbocycles. The Morgan fingerprint density at radius 1 is 0.426 bits per heavy atom. The van der Waals surface area contributed by atoms with E-state index in [-0.39, 0.29) is 5.41 Å². The Morgan fingerprint density at radius 3 is 1.83 bits per heavy atom. The maximum absolute atomic E-state index is 6.55. The highest BCUT2D eigenvalue weighted by molar-refractivity contribution is 6.11. The van der Waals surface area contributed by atoms with Crippen LogP contribution in [0.15, 0.2) is 168 Å². The molecule has 0 radical (unpaired) electrons. The van der Waals surface area contributed by atoms with Crippen molar-refractivity contribution >= 4 is 39.0 Å². The number of furan rings is 1. The molecular weight excluding hydrogens is 571 g/mol. The number of fused-ring (bicyclic) bond motifs is 6. The van der Waals surface area contributed by atoms with Crippen molar-refractivity contribution < 1.29 is 4.42 Å². The maximum atomic E-state index is 6.55. The average molecular weight is 604 g/mol. The van der Waals surface area contributed by atoms with Crippen molar-refractivity contribution in [2.75, 3.05) is 4.90 Å². The molecular formula is C45H33NO. The third-order valence-electron chi connectivity index (χ3n) is 9.86. The van der Waals surface area contributed by atoms with Crippen LogP contribution in [0.1, 0.15) is 25.0 Å². The Kier molecular flexibility index (Phi) is 6.20. The standard InChI is InChI=1S/C45H33NO/c1-45(2)41-19-11-9-17-36(41)37-26-25-34(29-42(37)45)46(33-23-21-31(22-24-33)30-13-5-3-6-14-30)35-27-39(32-15-7-4-8-16-32)44-40(28-35)38-18-10-12-20-43(38)47-44/h3-29H,1-2H3. The van der Waals surface area contributed by atoms with Crippen molar-refractivity contribution in [1.82, 2.24) is 0 Å². The van der Waals surface area contributed by atoms with E-state index < -0.39 is 0 Å². The van der Waals surface area contributed by atoms with Gasteiger partial charge >= 0.3 is 0 Å². The van der Waals surface area contributed by atoms with E-state index in [1.54, 1.807) is 0 Å². The van der Waals surface area contributed by atoms with E-state index >= 15 is 0 Å². The minimum absolute atomic E-state index is 0.106. The minimum Gasteiger partial charge on any atom is -0.455 e. The van der Waals surface area contributed by atoms with Gasteiger partial charge in [-0.05, 0) is 81.4 Å². The Hall–Kier alpha value is -5.86. The van der Waals surface area contributed by atoms with E-state index in [4.69, 9.17) is 4.42 Å². The molecule has 2 heteroatoms. The summed E-state index contributed by atoms with van der Waals surface area (Å²) in [6, 6.07) is 58.9. The molecule has 7 aromatic carbocycles. The maximum Gasteiger partial charge on any atom is 0.143 e. The summed E-state index contributed by atoms with van der Waals surface area (Å²) in [5.41, 5.74) is 15.0. The Bertz CT molecular complexity index is 2420. The Labute approximate surface area is 275 Å². The summed E-state index contributed by atoms with van der Waals surface area (Å²) in [6.45, 7) is 4.69. The van der Waals surface area contributed by atoms with Crippen LogP contribution in [-0.2, 0) is 5.41 Å². The third kappa shape index (κ3) is 4.40. The van der Waals surface area contributed by atoms with E-state index in [9.17, 15) is 0 Å². The molecule has 9 rings (SSSR count). The van der Waals surface area contributed by atoms with Gasteiger partial charge in [-0.25, -0.2) is 0 Å². The van der Waals surface area contributed by atoms with Gasteiger partial charge in [0.1, 0.15) is 11.2 Å². The molecule has 0 aliphatic heterocycles. The molecule has 8 aromatic rings. The lowest BCUT2D eigenvalue weighted by Crippen LogP contribution is -2.16. The van der Waals surface area contributed by atoms with Gasteiger partial charge in [-0.15, -0.1) is 0 Å². The minimum atomic E-state index is -0.106. The zero-order valence-corrected chi connectivity index (χ0v) is 26.4. The fourth-order valence-electron chi connectivity index (χ4n) is 7.49. The second kappa shape index (κ2) is 10.6. The van der Waals surface area contributed by atoms with Crippen LogP contribution in [0.5, 0.6) is 0 Å². The first-order valence-corrected chi connectivity index (χ1v) is 16.3. The van der Waals surface area contributed by atoms with E-state index in [2.05, 4.69) is 176 Å². The summed E-state index contributed by atoms with van der Waals surface area (Å²) >= 11 is 0. The molecule has 0 saturated heterocycles. The smallest absolute Gasteiger partial charge is 0.143 e. The number of hydrogen-bond acceptors (Lipinski definition) is 2. The molecule has 0 unspecified atom stereocenters. The SMILES string of the molecule is CC1(C)c2ccccc2-c2ccc(N(c3ccc(-c4ccccc4)cc3)c3cc(-c4ccccc4)c4oc5ccccc5c4c3)cc21. The van der Waals surface area contributed by atoms with Crippen LogP contribution in [-0.4, -0.2) is 0 Å². The van der Waals surface area contributed by atoms with Gasteiger partial charge in [-0.3, -0.25) is 0 Å². The number of anilines is 3. The van der Waals surface area contributed by atoms with Crippen LogP contribution in [0.25, 0.3) is 55.3 Å². The van der Waals surface area contributed by atoms with Crippen LogP contribution in [0.2, 0.25) is 0 Å². The highest BCUT2D eigenvalue weighted by atomic mass is 16.3. The first-order valence-electron chi connectivity index (χ1n) is 16.3. The predicted molar refractivity (Wildman–Crippen MR) is 197 cm³/mol. The zero-order chi connectivity index (χ0) is 31.5. The lowest BCUT2D eigenvalue weighted by molar-refractivity contribution is 0.660. The lowest BCUT2D eigenvalue weighted by atomic mass is 9.82. The molecule has 224 valence electrons. The van der Waals surface area contributed by atoms with Crippen LogP contribution >= 0.6 is 0 Å². The first kappa shape index (κ1) is 27.5. The Balaban J connectivity index is 1.29. The normalized spacial score (nSPS) is 13.1. The fourth-order valence-corrected chi connectivity index (χ4v) is 7.49. The van der Waals surface area contributed by atoms with Crippen LogP contribution in [0.3, 0.4) is 0 Å². The highest BCUT2D eigenvalue weighted by Gasteiger charge is 2.35. The van der Waals surface area contributed by atoms with Gasteiger partial charge in [-0.2, -0.15) is 0 Å². The van der Waals surface area contributed by atoms with E-state index in [0.717, 1.165) is 50.1 Å². The summed E-state index contributed by atoms with van der Waals surface area (Å²) in [6.07, 6.45) is 0. The largest absolute Gasteiger partial charge is 0.455 e. The first-order chi connectivity index (χ1) is 23.1. The van der Waals surface area contributed by atoms with E-state index in [0.29, 0.717) is 0 Å². The van der Waals surface area contributed by atoms with Gasteiger partial charge in [0.2, 0.25) is 0 Å². The molecule has 0 spiro atoms. The van der Waals surface area contributed by atoms with E-state index in [1.807, 2.05) is 6.07 Å². The monoisotopic (exact) mass is 603 g/mol.